The van der Waals surface area contributed by atoms with Gasteiger partial charge in [0.05, 0.1) is 6.54 Å². The number of rotatable bonds is 2. The van der Waals surface area contributed by atoms with E-state index in [1.54, 1.807) is 16.6 Å². The van der Waals surface area contributed by atoms with Crippen molar-refractivity contribution in [3.8, 4) is 11.8 Å². The average molecular weight is 307 g/mol. The van der Waals surface area contributed by atoms with E-state index < -0.39 is 10.0 Å². The highest BCUT2D eigenvalue weighted by atomic mass is 32.2. The van der Waals surface area contributed by atoms with Gasteiger partial charge in [-0.2, -0.15) is 4.31 Å². The second kappa shape index (κ2) is 6.56. The zero-order chi connectivity index (χ0) is 15.5. The first-order chi connectivity index (χ1) is 9.96. The molecule has 21 heavy (non-hydrogen) atoms. The van der Waals surface area contributed by atoms with Crippen molar-refractivity contribution in [1.29, 1.82) is 0 Å². The van der Waals surface area contributed by atoms with Gasteiger partial charge in [-0.15, -0.1) is 0 Å². The van der Waals surface area contributed by atoms with Gasteiger partial charge in [-0.25, -0.2) is 8.42 Å². The summed E-state index contributed by atoms with van der Waals surface area (Å²) in [5.74, 6) is 5.53. The molecule has 1 aliphatic heterocycles. The van der Waals surface area contributed by atoms with E-state index in [0.29, 0.717) is 5.56 Å². The van der Waals surface area contributed by atoms with Crippen LogP contribution in [0.5, 0.6) is 0 Å². The van der Waals surface area contributed by atoms with Gasteiger partial charge < -0.3 is 5.73 Å². The highest BCUT2D eigenvalue weighted by Gasteiger charge is 2.35. The zero-order valence-electron chi connectivity index (χ0n) is 12.4. The maximum atomic E-state index is 12.8. The molecule has 0 bridgehead atoms. The van der Waals surface area contributed by atoms with Crippen LogP contribution in [0.25, 0.3) is 0 Å². The minimum absolute atomic E-state index is 0.0116. The van der Waals surface area contributed by atoms with Crippen LogP contribution in [0, 0.1) is 11.8 Å². The minimum Gasteiger partial charge on any atom is -0.320 e. The molecular formula is C15H21N3O2S. The van der Waals surface area contributed by atoms with Crippen LogP contribution in [-0.4, -0.2) is 36.3 Å². The van der Waals surface area contributed by atoms with E-state index in [-0.39, 0.29) is 23.5 Å². The number of hydrogen-bond donors (Lipinski definition) is 1. The molecule has 0 amide bonds. The van der Waals surface area contributed by atoms with Crippen LogP contribution in [0.2, 0.25) is 0 Å². The first kappa shape index (κ1) is 16.0. The van der Waals surface area contributed by atoms with Gasteiger partial charge in [0, 0.05) is 30.0 Å². The summed E-state index contributed by atoms with van der Waals surface area (Å²) >= 11 is 0. The van der Waals surface area contributed by atoms with Crippen LogP contribution in [0.3, 0.4) is 0 Å². The van der Waals surface area contributed by atoms with Crippen LogP contribution < -0.4 is 5.73 Å². The molecule has 1 aromatic rings. The van der Waals surface area contributed by atoms with Crippen molar-refractivity contribution in [2.75, 3.05) is 6.54 Å². The van der Waals surface area contributed by atoms with Crippen LogP contribution in [0.1, 0.15) is 38.7 Å². The summed E-state index contributed by atoms with van der Waals surface area (Å²) in [6, 6.07) is 1.59. The molecule has 0 spiro atoms. The summed E-state index contributed by atoms with van der Waals surface area (Å²) < 4.78 is 27.3. The largest absolute Gasteiger partial charge is 0.320 e. The molecule has 2 atom stereocenters. The summed E-state index contributed by atoms with van der Waals surface area (Å²) in [5.41, 5.74) is 5.90. The van der Waals surface area contributed by atoms with E-state index in [1.807, 2.05) is 13.8 Å². The molecule has 2 heterocycles. The average Bonchev–Trinajstić information content (AvgIpc) is 2.45. The highest BCUT2D eigenvalue weighted by Crippen LogP contribution is 2.29. The molecule has 114 valence electrons. The third kappa shape index (κ3) is 3.43. The molecule has 2 unspecified atom stereocenters. The van der Waals surface area contributed by atoms with Gasteiger partial charge in [-0.3, -0.25) is 4.98 Å². The summed E-state index contributed by atoms with van der Waals surface area (Å²) in [6.07, 6.45) is 5.78. The molecule has 1 aliphatic rings. The Morgan fingerprint density at radius 2 is 2.00 bits per heavy atom. The molecule has 2 N–H and O–H groups in total. The van der Waals surface area contributed by atoms with Crippen molar-refractivity contribution in [2.45, 2.75) is 50.1 Å². The van der Waals surface area contributed by atoms with Gasteiger partial charge in [0.25, 0.3) is 0 Å². The van der Waals surface area contributed by atoms with Crippen molar-refractivity contribution >= 4 is 10.0 Å². The predicted octanol–water partition coefficient (Wildman–Crippen LogP) is 1.34. The topological polar surface area (TPSA) is 76.3 Å². The maximum absolute atomic E-state index is 12.8. The van der Waals surface area contributed by atoms with E-state index in [4.69, 9.17) is 5.73 Å². The number of aromatic nitrogens is 1. The van der Waals surface area contributed by atoms with Crippen LogP contribution in [0.4, 0.5) is 0 Å². The first-order valence-corrected chi connectivity index (χ1v) is 8.58. The standard InChI is InChI=1S/C15H21N3O2S/c1-12-5-3-6-13(2)18(12)21(19,20)15-9-14(7-4-8-16)10-17-11-15/h9-13H,3,5-6,8,16H2,1-2H3. The fourth-order valence-corrected chi connectivity index (χ4v) is 4.65. The molecule has 0 saturated carbocycles. The Hall–Kier alpha value is -1.42. The van der Waals surface area contributed by atoms with E-state index >= 15 is 0 Å². The summed E-state index contributed by atoms with van der Waals surface area (Å²) in [4.78, 5) is 4.20. The molecule has 2 rings (SSSR count). The van der Waals surface area contributed by atoms with Gasteiger partial charge in [0.1, 0.15) is 4.90 Å². The fraction of sp³-hybridized carbons (Fsp3) is 0.533. The van der Waals surface area contributed by atoms with Crippen molar-refractivity contribution in [1.82, 2.24) is 9.29 Å². The lowest BCUT2D eigenvalue weighted by atomic mass is 10.0. The molecule has 0 aromatic carbocycles. The lowest BCUT2D eigenvalue weighted by molar-refractivity contribution is 0.204. The van der Waals surface area contributed by atoms with Gasteiger partial charge >= 0.3 is 0 Å². The second-order valence-corrected chi connectivity index (χ2v) is 7.22. The number of sulfonamides is 1. The van der Waals surface area contributed by atoms with Crippen LogP contribution in [0.15, 0.2) is 23.4 Å². The third-order valence-electron chi connectivity index (χ3n) is 3.74. The normalized spacial score (nSPS) is 23.4. The summed E-state index contributed by atoms with van der Waals surface area (Å²) in [6.45, 7) is 4.15. The number of piperidine rings is 1. The Bertz CT molecular complexity index is 651. The molecule has 0 radical (unpaired) electrons. The number of nitrogens with zero attached hydrogens (tertiary/aromatic N) is 2. The smallest absolute Gasteiger partial charge is 0.245 e. The maximum Gasteiger partial charge on any atom is 0.245 e. The van der Waals surface area contributed by atoms with Crippen molar-refractivity contribution in [3.63, 3.8) is 0 Å². The molecule has 1 saturated heterocycles. The van der Waals surface area contributed by atoms with Crippen LogP contribution in [-0.2, 0) is 10.0 Å². The monoisotopic (exact) mass is 307 g/mol. The number of pyridine rings is 1. The van der Waals surface area contributed by atoms with Gasteiger partial charge in [-0.1, -0.05) is 18.3 Å². The van der Waals surface area contributed by atoms with Crippen molar-refractivity contribution in [2.24, 2.45) is 5.73 Å². The minimum atomic E-state index is -3.54. The first-order valence-electron chi connectivity index (χ1n) is 7.14. The fourth-order valence-electron chi connectivity index (χ4n) is 2.77. The number of hydrogen-bond acceptors (Lipinski definition) is 4. The van der Waals surface area contributed by atoms with E-state index in [0.717, 1.165) is 19.3 Å². The predicted molar refractivity (Wildman–Crippen MR) is 82.0 cm³/mol. The van der Waals surface area contributed by atoms with Crippen molar-refractivity contribution in [3.05, 3.63) is 24.0 Å². The zero-order valence-corrected chi connectivity index (χ0v) is 13.2. The second-order valence-electron chi connectivity index (χ2n) is 5.38. The Morgan fingerprint density at radius 1 is 1.33 bits per heavy atom. The molecule has 0 aliphatic carbocycles. The molecule has 1 aromatic heterocycles. The lowest BCUT2D eigenvalue weighted by Crippen LogP contribution is -2.47. The van der Waals surface area contributed by atoms with E-state index in [2.05, 4.69) is 16.8 Å². The molecular weight excluding hydrogens is 286 g/mol. The number of nitrogens with two attached hydrogens (primary N) is 1. The third-order valence-corrected chi connectivity index (χ3v) is 5.83. The quantitative estimate of drug-likeness (QED) is 0.837. The summed E-state index contributed by atoms with van der Waals surface area (Å²) in [7, 11) is -3.54. The lowest BCUT2D eigenvalue weighted by Gasteiger charge is -2.37. The van der Waals surface area contributed by atoms with Crippen LogP contribution >= 0.6 is 0 Å². The van der Waals surface area contributed by atoms with Gasteiger partial charge in [-0.05, 0) is 32.8 Å². The Morgan fingerprint density at radius 3 is 2.62 bits per heavy atom. The Kier molecular flexibility index (Phi) is 4.99. The van der Waals surface area contributed by atoms with Crippen molar-refractivity contribution < 1.29 is 8.42 Å². The molecule has 1 fully saturated rings. The van der Waals surface area contributed by atoms with E-state index in [9.17, 15) is 8.42 Å². The molecule has 5 nitrogen and oxygen atoms in total. The Balaban J connectivity index is 2.39. The van der Waals surface area contributed by atoms with Gasteiger partial charge in [0.2, 0.25) is 10.0 Å². The van der Waals surface area contributed by atoms with Gasteiger partial charge in [0.15, 0.2) is 0 Å². The molecule has 6 heteroatoms. The Labute approximate surface area is 126 Å². The highest BCUT2D eigenvalue weighted by molar-refractivity contribution is 7.89. The SMILES string of the molecule is CC1CCCC(C)N1S(=O)(=O)c1cncc(C#CCN)c1. The van der Waals surface area contributed by atoms with E-state index in [1.165, 1.54) is 6.20 Å². The summed E-state index contributed by atoms with van der Waals surface area (Å²) in [5, 5.41) is 0.